The van der Waals surface area contributed by atoms with Crippen LogP contribution in [0.25, 0.3) is 0 Å². The van der Waals surface area contributed by atoms with E-state index < -0.39 is 0 Å². The molecule has 0 spiro atoms. The predicted octanol–water partition coefficient (Wildman–Crippen LogP) is 1.96. The fraction of sp³-hybridized carbons (Fsp3) is 0.938. The molecule has 0 aromatic carbocycles. The molecule has 2 atom stereocenters. The monoisotopic (exact) mass is 337 g/mol. The highest BCUT2D eigenvalue weighted by Gasteiger charge is 2.34. The molecule has 1 aromatic rings. The Balaban J connectivity index is 1.41. The summed E-state index contributed by atoms with van der Waals surface area (Å²) >= 11 is 2.18. The second kappa shape index (κ2) is 7.49. The van der Waals surface area contributed by atoms with Gasteiger partial charge in [-0.2, -0.15) is 11.8 Å². The number of thioether (sulfide) groups is 1. The van der Waals surface area contributed by atoms with Gasteiger partial charge < -0.3 is 4.74 Å². The second-order valence-corrected chi connectivity index (χ2v) is 8.41. The maximum Gasteiger partial charge on any atom is 0.165 e. The van der Waals surface area contributed by atoms with Crippen molar-refractivity contribution in [2.75, 3.05) is 25.5 Å². The van der Waals surface area contributed by atoms with E-state index >= 15 is 0 Å². The molecule has 0 radical (unpaired) electrons. The zero-order chi connectivity index (χ0) is 15.5. The largest absolute Gasteiger partial charge is 0.381 e. The summed E-state index contributed by atoms with van der Waals surface area (Å²) in [6, 6.07) is 0.732. The Kier molecular flexibility index (Phi) is 5.16. The Morgan fingerprint density at radius 2 is 2.00 bits per heavy atom. The molecule has 1 aliphatic carbocycles. The first kappa shape index (κ1) is 15.8. The normalized spacial score (nSPS) is 30.3. The summed E-state index contributed by atoms with van der Waals surface area (Å²) in [7, 11) is 0. The highest BCUT2D eigenvalue weighted by molar-refractivity contribution is 8.00. The van der Waals surface area contributed by atoms with E-state index in [0.717, 1.165) is 56.3 Å². The van der Waals surface area contributed by atoms with Crippen LogP contribution in [0.3, 0.4) is 0 Å². The lowest BCUT2D eigenvalue weighted by Crippen LogP contribution is -2.48. The fourth-order valence-corrected chi connectivity index (χ4v) is 5.71. The van der Waals surface area contributed by atoms with Gasteiger partial charge in [-0.05, 0) is 42.0 Å². The van der Waals surface area contributed by atoms with Crippen molar-refractivity contribution < 1.29 is 4.74 Å². The molecule has 0 amide bonds. The first-order chi connectivity index (χ1) is 11.4. The van der Waals surface area contributed by atoms with Gasteiger partial charge in [0.15, 0.2) is 5.82 Å². The van der Waals surface area contributed by atoms with Gasteiger partial charge in [0.05, 0.1) is 6.54 Å². The Hall–Kier alpha value is -0.660. The van der Waals surface area contributed by atoms with Crippen LogP contribution < -0.4 is 0 Å². The zero-order valence-corrected chi connectivity index (χ0v) is 14.6. The lowest BCUT2D eigenvalue weighted by Gasteiger charge is -2.43. The molecular formula is C16H27N5OS. The molecule has 6 nitrogen and oxygen atoms in total. The number of tetrazole rings is 1. The topological polar surface area (TPSA) is 56.1 Å². The number of nitrogens with zero attached hydrogens (tertiary/aromatic N) is 5. The van der Waals surface area contributed by atoms with Crippen LogP contribution in [0.4, 0.5) is 0 Å². The number of fused-ring (bicyclic) bond motifs is 1. The first-order valence-electron chi connectivity index (χ1n) is 9.08. The van der Waals surface area contributed by atoms with E-state index in [1.54, 1.807) is 0 Å². The van der Waals surface area contributed by atoms with Gasteiger partial charge in [-0.1, -0.05) is 12.8 Å². The molecule has 3 aliphatic rings. The van der Waals surface area contributed by atoms with E-state index in [9.17, 15) is 0 Å². The van der Waals surface area contributed by atoms with Gasteiger partial charge in [0.25, 0.3) is 0 Å². The van der Waals surface area contributed by atoms with E-state index in [1.165, 1.54) is 38.0 Å². The standard InChI is InChI=1S/C16H27N5OS/c1-2-4-15-14(3-1)20(7-10-23-15)12-16-17-18-19-21(16)11-13-5-8-22-9-6-13/h13-15H,1-12H2. The van der Waals surface area contributed by atoms with Crippen LogP contribution in [0.1, 0.15) is 44.3 Å². The second-order valence-electron chi connectivity index (χ2n) is 7.06. The van der Waals surface area contributed by atoms with Gasteiger partial charge in [0.1, 0.15) is 0 Å². The number of aromatic nitrogens is 4. The van der Waals surface area contributed by atoms with Gasteiger partial charge in [-0.25, -0.2) is 4.68 Å². The van der Waals surface area contributed by atoms with Crippen LogP contribution in [-0.2, 0) is 17.8 Å². The first-order valence-corrected chi connectivity index (χ1v) is 10.1. The molecule has 0 N–H and O–H groups in total. The third-order valence-electron chi connectivity index (χ3n) is 5.57. The molecular weight excluding hydrogens is 310 g/mol. The van der Waals surface area contributed by atoms with Crippen LogP contribution in [0.15, 0.2) is 0 Å². The Morgan fingerprint density at radius 1 is 1.13 bits per heavy atom. The summed E-state index contributed by atoms with van der Waals surface area (Å²) in [5, 5.41) is 13.4. The van der Waals surface area contributed by atoms with Gasteiger partial charge in [-0.15, -0.1) is 5.10 Å². The molecule has 23 heavy (non-hydrogen) atoms. The fourth-order valence-electron chi connectivity index (χ4n) is 4.21. The average Bonchev–Trinajstić information content (AvgIpc) is 3.03. The lowest BCUT2D eigenvalue weighted by molar-refractivity contribution is 0.0591. The van der Waals surface area contributed by atoms with Crippen molar-refractivity contribution in [2.45, 2.75) is 62.9 Å². The van der Waals surface area contributed by atoms with Crippen LogP contribution in [0.2, 0.25) is 0 Å². The maximum atomic E-state index is 5.46. The Bertz CT molecular complexity index is 502. The number of rotatable bonds is 4. The van der Waals surface area contributed by atoms with Gasteiger partial charge in [-0.3, -0.25) is 4.90 Å². The van der Waals surface area contributed by atoms with Gasteiger partial charge >= 0.3 is 0 Å². The molecule has 4 rings (SSSR count). The third kappa shape index (κ3) is 3.72. The van der Waals surface area contributed by atoms with E-state index in [0.29, 0.717) is 5.92 Å². The summed E-state index contributed by atoms with van der Waals surface area (Å²) in [5.41, 5.74) is 0. The molecule has 2 unspecified atom stereocenters. The Labute approximate surface area is 142 Å². The van der Waals surface area contributed by atoms with Gasteiger partial charge in [0.2, 0.25) is 0 Å². The van der Waals surface area contributed by atoms with Crippen LogP contribution in [-0.4, -0.2) is 61.9 Å². The smallest absolute Gasteiger partial charge is 0.165 e. The number of ether oxygens (including phenoxy) is 1. The summed E-state index contributed by atoms with van der Waals surface area (Å²) in [6.45, 7) is 4.81. The predicted molar refractivity (Wildman–Crippen MR) is 90.3 cm³/mol. The molecule has 1 aromatic heterocycles. The lowest BCUT2D eigenvalue weighted by atomic mass is 9.93. The average molecular weight is 337 g/mol. The summed E-state index contributed by atoms with van der Waals surface area (Å²) < 4.78 is 7.51. The van der Waals surface area contributed by atoms with Crippen molar-refractivity contribution in [1.82, 2.24) is 25.1 Å². The van der Waals surface area contributed by atoms with Crippen molar-refractivity contribution in [1.29, 1.82) is 0 Å². The molecule has 7 heteroatoms. The quantitative estimate of drug-likeness (QED) is 0.837. The van der Waals surface area contributed by atoms with Crippen LogP contribution in [0.5, 0.6) is 0 Å². The van der Waals surface area contributed by atoms with E-state index in [2.05, 4.69) is 36.9 Å². The Morgan fingerprint density at radius 3 is 2.91 bits per heavy atom. The highest BCUT2D eigenvalue weighted by atomic mass is 32.2. The van der Waals surface area contributed by atoms with Crippen molar-refractivity contribution in [2.24, 2.45) is 5.92 Å². The van der Waals surface area contributed by atoms with Crippen LogP contribution >= 0.6 is 11.8 Å². The minimum absolute atomic E-state index is 0.658. The minimum Gasteiger partial charge on any atom is -0.381 e. The van der Waals surface area contributed by atoms with E-state index in [1.807, 2.05) is 0 Å². The van der Waals surface area contributed by atoms with Crippen molar-refractivity contribution in [3.63, 3.8) is 0 Å². The summed E-state index contributed by atoms with van der Waals surface area (Å²) in [5.74, 6) is 2.96. The number of hydrogen-bond acceptors (Lipinski definition) is 6. The molecule has 3 fully saturated rings. The van der Waals surface area contributed by atoms with Crippen molar-refractivity contribution >= 4 is 11.8 Å². The third-order valence-corrected chi connectivity index (χ3v) is 6.97. The SMILES string of the molecule is C1CCC2C(C1)SCCN2Cc1nnnn1CC1CCOCC1. The van der Waals surface area contributed by atoms with Crippen LogP contribution in [0, 0.1) is 5.92 Å². The molecule has 128 valence electrons. The van der Waals surface area contributed by atoms with Gasteiger partial charge in [0, 0.05) is 43.3 Å². The molecule has 3 heterocycles. The zero-order valence-electron chi connectivity index (χ0n) is 13.8. The summed E-state index contributed by atoms with van der Waals surface area (Å²) in [4.78, 5) is 2.65. The van der Waals surface area contributed by atoms with E-state index in [-0.39, 0.29) is 0 Å². The highest BCUT2D eigenvalue weighted by Crippen LogP contribution is 2.36. The molecule has 0 bridgehead atoms. The maximum absolute atomic E-state index is 5.46. The van der Waals surface area contributed by atoms with Crippen molar-refractivity contribution in [3.8, 4) is 0 Å². The molecule has 2 saturated heterocycles. The number of hydrogen-bond donors (Lipinski definition) is 0. The summed E-state index contributed by atoms with van der Waals surface area (Å²) in [6.07, 6.45) is 7.78. The molecule has 2 aliphatic heterocycles. The molecule has 1 saturated carbocycles. The van der Waals surface area contributed by atoms with Crippen molar-refractivity contribution in [3.05, 3.63) is 5.82 Å². The minimum atomic E-state index is 0.658. The van der Waals surface area contributed by atoms with E-state index in [4.69, 9.17) is 4.74 Å².